The summed E-state index contributed by atoms with van der Waals surface area (Å²) < 4.78 is 27.0. The molecule has 0 bridgehead atoms. The number of aliphatic carboxylic acids is 1. The minimum absolute atomic E-state index is 0.164. The fourth-order valence-electron chi connectivity index (χ4n) is 3.79. The minimum atomic E-state index is -3.79. The van der Waals surface area contributed by atoms with Crippen molar-refractivity contribution < 1.29 is 18.3 Å². The summed E-state index contributed by atoms with van der Waals surface area (Å²) >= 11 is 0. The Bertz CT molecular complexity index is 713. The molecule has 2 atom stereocenters. The summed E-state index contributed by atoms with van der Waals surface area (Å²) in [6.07, 6.45) is 3.33. The lowest BCUT2D eigenvalue weighted by atomic mass is 9.98. The number of aryl methyl sites for hydroxylation is 1. The van der Waals surface area contributed by atoms with Crippen molar-refractivity contribution in [3.05, 3.63) is 29.8 Å². The Kier molecular flexibility index (Phi) is 4.94. The van der Waals surface area contributed by atoms with Crippen LogP contribution >= 0.6 is 0 Å². The van der Waals surface area contributed by atoms with Crippen LogP contribution in [-0.2, 0) is 14.8 Å². The van der Waals surface area contributed by atoms with E-state index in [0.717, 1.165) is 31.5 Å². The largest absolute Gasteiger partial charge is 0.480 e. The Morgan fingerprint density at radius 2 is 1.92 bits per heavy atom. The van der Waals surface area contributed by atoms with Crippen molar-refractivity contribution in [2.45, 2.75) is 49.6 Å². The van der Waals surface area contributed by atoms with Crippen LogP contribution in [0.5, 0.6) is 0 Å². The van der Waals surface area contributed by atoms with Gasteiger partial charge in [0.2, 0.25) is 10.0 Å². The van der Waals surface area contributed by atoms with Crippen LogP contribution < -0.4 is 0 Å². The normalized spacial score (nSPS) is 26.5. The molecule has 2 saturated heterocycles. The van der Waals surface area contributed by atoms with Crippen LogP contribution in [0.4, 0.5) is 0 Å². The summed E-state index contributed by atoms with van der Waals surface area (Å²) in [7, 11) is -3.79. The number of piperidine rings is 1. The van der Waals surface area contributed by atoms with Gasteiger partial charge >= 0.3 is 5.97 Å². The maximum absolute atomic E-state index is 12.9. The molecule has 3 rings (SSSR count). The van der Waals surface area contributed by atoms with E-state index >= 15 is 0 Å². The molecule has 0 radical (unpaired) electrons. The predicted molar refractivity (Wildman–Crippen MR) is 90.3 cm³/mol. The number of carboxylic acid groups (broad SMARTS) is 1. The first kappa shape index (κ1) is 17.4. The van der Waals surface area contributed by atoms with Gasteiger partial charge in [-0.2, -0.15) is 4.31 Å². The monoisotopic (exact) mass is 352 g/mol. The van der Waals surface area contributed by atoms with E-state index in [9.17, 15) is 18.3 Å². The molecule has 7 heteroatoms. The molecule has 2 aliphatic heterocycles. The third kappa shape index (κ3) is 3.34. The van der Waals surface area contributed by atoms with Crippen molar-refractivity contribution in [2.24, 2.45) is 0 Å². The van der Waals surface area contributed by atoms with Crippen LogP contribution in [0.2, 0.25) is 0 Å². The number of sulfonamides is 1. The number of carbonyl (C=O) groups is 1. The van der Waals surface area contributed by atoms with E-state index in [2.05, 4.69) is 4.90 Å². The molecule has 24 heavy (non-hydrogen) atoms. The van der Waals surface area contributed by atoms with Crippen LogP contribution in [0.3, 0.4) is 0 Å². The molecule has 6 nitrogen and oxygen atoms in total. The summed E-state index contributed by atoms with van der Waals surface area (Å²) in [5.41, 5.74) is 0.843. The van der Waals surface area contributed by atoms with Crippen LogP contribution in [0.1, 0.15) is 31.2 Å². The van der Waals surface area contributed by atoms with Gasteiger partial charge < -0.3 is 10.0 Å². The quantitative estimate of drug-likeness (QED) is 0.892. The van der Waals surface area contributed by atoms with Gasteiger partial charge in [-0.05, 0) is 63.4 Å². The summed E-state index contributed by atoms with van der Waals surface area (Å²) in [6.45, 7) is 4.06. The molecule has 1 aromatic rings. The van der Waals surface area contributed by atoms with E-state index in [1.54, 1.807) is 12.1 Å². The number of benzene rings is 1. The zero-order chi connectivity index (χ0) is 17.3. The van der Waals surface area contributed by atoms with Crippen LogP contribution in [0.15, 0.2) is 29.2 Å². The van der Waals surface area contributed by atoms with Crippen LogP contribution in [0.25, 0.3) is 0 Å². The van der Waals surface area contributed by atoms with Crippen molar-refractivity contribution in [2.75, 3.05) is 19.6 Å². The number of hydrogen-bond acceptors (Lipinski definition) is 4. The summed E-state index contributed by atoms with van der Waals surface area (Å²) in [6, 6.07) is 5.82. The van der Waals surface area contributed by atoms with Gasteiger partial charge in [-0.15, -0.1) is 0 Å². The Balaban J connectivity index is 1.85. The second-order valence-electron chi connectivity index (χ2n) is 6.71. The minimum Gasteiger partial charge on any atom is -0.480 e. The maximum atomic E-state index is 12.9. The van der Waals surface area contributed by atoms with E-state index in [4.69, 9.17) is 0 Å². The number of hydrogen-bond donors (Lipinski definition) is 1. The molecule has 1 N–H and O–H groups in total. The predicted octanol–water partition coefficient (Wildman–Crippen LogP) is 1.70. The standard InChI is InChI=1S/C17H24N2O4S/c1-13-5-4-6-15(11-13)24(22,23)19-10-7-14(12-16(19)17(20)21)18-8-2-3-9-18/h4-6,11,14,16H,2-3,7-10,12H2,1H3,(H,20,21)/t14-,16-/m0/s1. The highest BCUT2D eigenvalue weighted by Crippen LogP contribution is 2.29. The van der Waals surface area contributed by atoms with Gasteiger partial charge in [-0.1, -0.05) is 12.1 Å². The maximum Gasteiger partial charge on any atom is 0.322 e. The average Bonchev–Trinajstić information content (AvgIpc) is 3.08. The zero-order valence-corrected chi connectivity index (χ0v) is 14.7. The highest BCUT2D eigenvalue weighted by atomic mass is 32.2. The number of carboxylic acids is 1. The molecule has 0 saturated carbocycles. The molecule has 0 aromatic heterocycles. The third-order valence-electron chi connectivity index (χ3n) is 5.06. The van der Waals surface area contributed by atoms with E-state index in [1.165, 1.54) is 10.4 Å². The van der Waals surface area contributed by atoms with Crippen molar-refractivity contribution >= 4 is 16.0 Å². The van der Waals surface area contributed by atoms with Gasteiger partial charge in [0.1, 0.15) is 6.04 Å². The summed E-state index contributed by atoms with van der Waals surface area (Å²) in [5, 5.41) is 9.61. The first-order chi connectivity index (χ1) is 11.4. The molecule has 0 amide bonds. The SMILES string of the molecule is Cc1cccc(S(=O)(=O)N2CC[C@H](N3CCCC3)C[C@H]2C(=O)O)c1. The van der Waals surface area contributed by atoms with Crippen molar-refractivity contribution in [3.8, 4) is 0 Å². The molecule has 2 fully saturated rings. The molecule has 0 unspecified atom stereocenters. The van der Waals surface area contributed by atoms with Gasteiger partial charge in [0, 0.05) is 12.6 Å². The van der Waals surface area contributed by atoms with Gasteiger partial charge in [0.25, 0.3) is 0 Å². The average molecular weight is 352 g/mol. The van der Waals surface area contributed by atoms with Crippen LogP contribution in [-0.4, -0.2) is 60.4 Å². The molecule has 2 heterocycles. The lowest BCUT2D eigenvalue weighted by Crippen LogP contribution is -2.54. The summed E-state index contributed by atoms with van der Waals surface area (Å²) in [4.78, 5) is 14.2. The molecular weight excluding hydrogens is 328 g/mol. The number of rotatable bonds is 4. The highest BCUT2D eigenvalue weighted by molar-refractivity contribution is 7.89. The van der Waals surface area contributed by atoms with E-state index < -0.39 is 22.0 Å². The lowest BCUT2D eigenvalue weighted by Gasteiger charge is -2.39. The fourth-order valence-corrected chi connectivity index (χ4v) is 5.50. The molecule has 132 valence electrons. The Morgan fingerprint density at radius 3 is 2.54 bits per heavy atom. The van der Waals surface area contributed by atoms with Crippen molar-refractivity contribution in [1.82, 2.24) is 9.21 Å². The first-order valence-corrected chi connectivity index (χ1v) is 9.89. The van der Waals surface area contributed by atoms with Gasteiger partial charge in [-0.3, -0.25) is 4.79 Å². The molecule has 1 aromatic carbocycles. The second-order valence-corrected chi connectivity index (χ2v) is 8.60. The van der Waals surface area contributed by atoms with Gasteiger partial charge in [0.15, 0.2) is 0 Å². The van der Waals surface area contributed by atoms with Crippen molar-refractivity contribution in [3.63, 3.8) is 0 Å². The zero-order valence-electron chi connectivity index (χ0n) is 13.9. The first-order valence-electron chi connectivity index (χ1n) is 8.45. The van der Waals surface area contributed by atoms with Crippen LogP contribution in [0, 0.1) is 6.92 Å². The van der Waals surface area contributed by atoms with E-state index in [0.29, 0.717) is 12.8 Å². The Morgan fingerprint density at radius 1 is 1.21 bits per heavy atom. The van der Waals surface area contributed by atoms with E-state index in [-0.39, 0.29) is 17.5 Å². The van der Waals surface area contributed by atoms with Gasteiger partial charge in [-0.25, -0.2) is 8.42 Å². The lowest BCUT2D eigenvalue weighted by molar-refractivity contribution is -0.143. The van der Waals surface area contributed by atoms with Gasteiger partial charge in [0.05, 0.1) is 4.90 Å². The highest BCUT2D eigenvalue weighted by Gasteiger charge is 2.42. The smallest absolute Gasteiger partial charge is 0.322 e. The topological polar surface area (TPSA) is 77.9 Å². The molecule has 0 spiro atoms. The fraction of sp³-hybridized carbons (Fsp3) is 0.588. The number of nitrogens with zero attached hydrogens (tertiary/aromatic N) is 2. The molecule has 2 aliphatic rings. The number of likely N-dealkylation sites (tertiary alicyclic amines) is 1. The van der Waals surface area contributed by atoms with Crippen molar-refractivity contribution in [1.29, 1.82) is 0 Å². The molecular formula is C17H24N2O4S. The Hall–Kier alpha value is -1.44. The summed E-state index contributed by atoms with van der Waals surface area (Å²) in [5.74, 6) is -1.06. The Labute approximate surface area is 143 Å². The second kappa shape index (κ2) is 6.82. The third-order valence-corrected chi connectivity index (χ3v) is 6.97. The molecule has 0 aliphatic carbocycles. The van der Waals surface area contributed by atoms with E-state index in [1.807, 2.05) is 13.0 Å².